The zero-order valence-corrected chi connectivity index (χ0v) is 19.4. The summed E-state index contributed by atoms with van der Waals surface area (Å²) in [5.41, 5.74) is 1.54. The number of aliphatic hydroxyl groups is 1. The summed E-state index contributed by atoms with van der Waals surface area (Å²) in [4.78, 5) is 48.2. The van der Waals surface area contributed by atoms with E-state index in [9.17, 15) is 19.5 Å². The predicted octanol–water partition coefficient (Wildman–Crippen LogP) is 0.0875. The fourth-order valence-electron chi connectivity index (χ4n) is 4.86. The third kappa shape index (κ3) is 3.43. The second-order valence-corrected chi connectivity index (χ2v) is 8.89. The minimum atomic E-state index is -0.833. The molecule has 1 saturated heterocycles. The van der Waals surface area contributed by atoms with Crippen molar-refractivity contribution in [2.45, 2.75) is 31.4 Å². The van der Waals surface area contributed by atoms with Crippen molar-refractivity contribution in [1.82, 2.24) is 33.1 Å². The highest BCUT2D eigenvalue weighted by molar-refractivity contribution is 5.77. The highest BCUT2D eigenvalue weighted by atomic mass is 16.3. The van der Waals surface area contributed by atoms with E-state index >= 15 is 0 Å². The van der Waals surface area contributed by atoms with Crippen LogP contribution in [0.4, 0.5) is 0 Å². The molecule has 1 N–H and O–H groups in total. The maximum atomic E-state index is 12.9. The van der Waals surface area contributed by atoms with Crippen molar-refractivity contribution in [2.75, 3.05) is 13.1 Å². The van der Waals surface area contributed by atoms with E-state index in [1.807, 2.05) is 35.9 Å². The Morgan fingerprint density at radius 1 is 1.09 bits per heavy atom. The van der Waals surface area contributed by atoms with Gasteiger partial charge in [0.2, 0.25) is 5.91 Å². The number of fused-ring (bicyclic) bond motifs is 2. The molecule has 0 saturated carbocycles. The van der Waals surface area contributed by atoms with E-state index < -0.39 is 23.4 Å². The number of likely N-dealkylation sites (tertiary alicyclic amines) is 1. The summed E-state index contributed by atoms with van der Waals surface area (Å²) in [7, 11) is 4.94. The van der Waals surface area contributed by atoms with Crippen molar-refractivity contribution in [3.8, 4) is 0 Å². The third-order valence-corrected chi connectivity index (χ3v) is 6.81. The third-order valence-electron chi connectivity index (χ3n) is 6.81. The van der Waals surface area contributed by atoms with Crippen LogP contribution in [0.15, 0.2) is 40.2 Å². The lowest BCUT2D eigenvalue weighted by molar-refractivity contribution is -0.130. The number of hydrogen-bond donors (Lipinski definition) is 1. The van der Waals surface area contributed by atoms with Gasteiger partial charge < -0.3 is 19.1 Å². The number of aromatic nitrogens is 6. The quantitative estimate of drug-likeness (QED) is 0.446. The molecular weight excluding hydrogens is 438 g/mol. The van der Waals surface area contributed by atoms with Crippen LogP contribution in [-0.4, -0.2) is 63.3 Å². The molecule has 1 aliphatic rings. The molecule has 1 aliphatic heterocycles. The van der Waals surface area contributed by atoms with Crippen molar-refractivity contribution in [3.05, 3.63) is 57.3 Å². The summed E-state index contributed by atoms with van der Waals surface area (Å²) in [6.07, 6.45) is 2.28. The molecular formula is C23H27N7O4. The number of β-amino-alcohol motifs (C(OH)–C–C–N with tert-alkyl or cyclic N) is 1. The normalized spacial score (nSPS) is 18.4. The molecule has 0 spiro atoms. The van der Waals surface area contributed by atoms with Crippen LogP contribution in [0.1, 0.15) is 24.7 Å². The molecule has 1 amide bonds. The zero-order valence-electron chi connectivity index (χ0n) is 19.4. The van der Waals surface area contributed by atoms with E-state index in [1.54, 1.807) is 16.5 Å². The summed E-state index contributed by atoms with van der Waals surface area (Å²) >= 11 is 0. The molecule has 0 unspecified atom stereocenters. The number of benzene rings is 1. The highest BCUT2D eigenvalue weighted by Crippen LogP contribution is 2.26. The summed E-state index contributed by atoms with van der Waals surface area (Å²) in [6.45, 7) is 0.468. The molecule has 5 rings (SSSR count). The SMILES string of the molecule is Cn1c(=O)c2ncn([C@H]3CN(C(=O)CCCc4nc5ccccc5n4C)C[C@@H]3O)c2n(C)c1=O. The molecule has 34 heavy (non-hydrogen) atoms. The summed E-state index contributed by atoms with van der Waals surface area (Å²) in [6, 6.07) is 7.43. The van der Waals surface area contributed by atoms with Gasteiger partial charge in [-0.2, -0.15) is 0 Å². The lowest BCUT2D eigenvalue weighted by atomic mass is 10.2. The zero-order chi connectivity index (χ0) is 24.1. The van der Waals surface area contributed by atoms with Crippen LogP contribution in [0, 0.1) is 0 Å². The number of rotatable bonds is 5. The van der Waals surface area contributed by atoms with Gasteiger partial charge in [0.1, 0.15) is 11.5 Å². The first kappa shape index (κ1) is 22.1. The number of nitrogens with zero attached hydrogens (tertiary/aromatic N) is 7. The number of carbonyl (C=O) groups excluding carboxylic acids is 1. The smallest absolute Gasteiger partial charge is 0.332 e. The molecule has 2 atom stereocenters. The first-order valence-corrected chi connectivity index (χ1v) is 11.3. The van der Waals surface area contributed by atoms with Crippen LogP contribution in [0.25, 0.3) is 22.2 Å². The van der Waals surface area contributed by atoms with E-state index in [0.717, 1.165) is 21.4 Å². The fraction of sp³-hybridized carbons (Fsp3) is 0.435. The first-order valence-electron chi connectivity index (χ1n) is 11.3. The van der Waals surface area contributed by atoms with Crippen LogP contribution in [0.5, 0.6) is 0 Å². The number of carbonyl (C=O) groups is 1. The number of para-hydroxylation sites is 2. The maximum Gasteiger partial charge on any atom is 0.332 e. The van der Waals surface area contributed by atoms with Crippen LogP contribution in [-0.2, 0) is 32.4 Å². The lowest BCUT2D eigenvalue weighted by Gasteiger charge is -2.18. The second-order valence-electron chi connectivity index (χ2n) is 8.89. The number of imidazole rings is 2. The van der Waals surface area contributed by atoms with E-state index in [-0.39, 0.29) is 24.5 Å². The highest BCUT2D eigenvalue weighted by Gasteiger charge is 2.36. The van der Waals surface area contributed by atoms with Crippen LogP contribution in [0.3, 0.4) is 0 Å². The monoisotopic (exact) mass is 465 g/mol. The Morgan fingerprint density at radius 2 is 1.85 bits per heavy atom. The first-order chi connectivity index (χ1) is 16.3. The summed E-state index contributed by atoms with van der Waals surface area (Å²) < 4.78 is 6.03. The molecule has 1 fully saturated rings. The minimum Gasteiger partial charge on any atom is -0.389 e. The minimum absolute atomic E-state index is 0.0467. The Bertz CT molecular complexity index is 1530. The Hall–Kier alpha value is -3.73. The standard InChI is InChI=1S/C23H27N7O4/c1-26-15-8-5-4-7-14(15)25-18(26)9-6-10-19(32)29-11-16(17(31)12-29)30-13-24-20-21(30)27(2)23(34)28(3)22(20)33/h4-5,7-8,13,16-17,31H,6,9-12H2,1-3H3/t16-,17-/m0/s1. The predicted molar refractivity (Wildman–Crippen MR) is 125 cm³/mol. The summed E-state index contributed by atoms with van der Waals surface area (Å²) in [5.74, 6) is 0.884. The molecule has 178 valence electrons. The molecule has 11 nitrogen and oxygen atoms in total. The van der Waals surface area contributed by atoms with Crippen LogP contribution >= 0.6 is 0 Å². The average Bonchev–Trinajstić information content (AvgIpc) is 3.52. The Morgan fingerprint density at radius 3 is 2.62 bits per heavy atom. The van der Waals surface area contributed by atoms with Crippen molar-refractivity contribution >= 4 is 28.1 Å². The lowest BCUT2D eigenvalue weighted by Crippen LogP contribution is -2.38. The van der Waals surface area contributed by atoms with Gasteiger partial charge in [0.05, 0.1) is 29.5 Å². The van der Waals surface area contributed by atoms with E-state index in [4.69, 9.17) is 0 Å². The Kier molecular flexibility index (Phi) is 5.35. The molecule has 1 aromatic carbocycles. The number of hydrogen-bond acceptors (Lipinski definition) is 6. The molecule has 3 aromatic heterocycles. The Balaban J connectivity index is 1.29. The number of amides is 1. The van der Waals surface area contributed by atoms with Gasteiger partial charge in [0.15, 0.2) is 5.52 Å². The topological polar surface area (TPSA) is 120 Å². The van der Waals surface area contributed by atoms with Gasteiger partial charge in [0.25, 0.3) is 5.56 Å². The number of aliphatic hydroxyl groups excluding tert-OH is 1. The molecule has 4 aromatic rings. The van der Waals surface area contributed by atoms with Gasteiger partial charge in [-0.15, -0.1) is 0 Å². The maximum absolute atomic E-state index is 12.9. The fourth-order valence-corrected chi connectivity index (χ4v) is 4.86. The van der Waals surface area contributed by atoms with Crippen molar-refractivity contribution in [2.24, 2.45) is 21.1 Å². The second kappa shape index (κ2) is 8.24. The van der Waals surface area contributed by atoms with E-state index in [1.165, 1.54) is 17.9 Å². The van der Waals surface area contributed by atoms with Gasteiger partial charge in [-0.3, -0.25) is 18.7 Å². The number of aryl methyl sites for hydroxylation is 3. The molecule has 4 heterocycles. The Labute approximate surface area is 194 Å². The summed E-state index contributed by atoms with van der Waals surface area (Å²) in [5, 5.41) is 10.7. The van der Waals surface area contributed by atoms with Crippen molar-refractivity contribution < 1.29 is 9.90 Å². The average molecular weight is 466 g/mol. The molecule has 11 heteroatoms. The molecule has 0 radical (unpaired) electrons. The van der Waals surface area contributed by atoms with Crippen molar-refractivity contribution in [1.29, 1.82) is 0 Å². The van der Waals surface area contributed by atoms with Gasteiger partial charge in [-0.05, 0) is 18.6 Å². The largest absolute Gasteiger partial charge is 0.389 e. The van der Waals surface area contributed by atoms with Crippen LogP contribution < -0.4 is 11.2 Å². The van der Waals surface area contributed by atoms with E-state index in [2.05, 4.69) is 9.97 Å². The van der Waals surface area contributed by atoms with Crippen molar-refractivity contribution in [3.63, 3.8) is 0 Å². The van der Waals surface area contributed by atoms with Gasteiger partial charge in [-0.25, -0.2) is 14.8 Å². The van der Waals surface area contributed by atoms with E-state index in [0.29, 0.717) is 24.9 Å². The molecule has 0 bridgehead atoms. The van der Waals surface area contributed by atoms with Crippen LogP contribution in [0.2, 0.25) is 0 Å². The van der Waals surface area contributed by atoms with Gasteiger partial charge in [-0.1, -0.05) is 12.1 Å². The molecule has 0 aliphatic carbocycles. The van der Waals surface area contributed by atoms with Gasteiger partial charge >= 0.3 is 5.69 Å². The van der Waals surface area contributed by atoms with Gasteiger partial charge in [0, 0.05) is 47.1 Å².